The molecule has 3 heterocycles. The molecule has 0 fully saturated rings. The van der Waals surface area contributed by atoms with Gasteiger partial charge in [-0.2, -0.15) is 5.10 Å². The number of amides is 1. The minimum Gasteiger partial charge on any atom is -0.343 e. The van der Waals surface area contributed by atoms with Crippen LogP contribution < -0.4 is 5.56 Å². The second kappa shape index (κ2) is 8.86. The van der Waals surface area contributed by atoms with E-state index in [1.165, 1.54) is 17.3 Å². The van der Waals surface area contributed by atoms with Crippen molar-refractivity contribution in [2.45, 2.75) is 58.2 Å². The summed E-state index contributed by atoms with van der Waals surface area (Å²) in [5, 5.41) is 5.61. The summed E-state index contributed by atoms with van der Waals surface area (Å²) in [6.07, 6.45) is 3.79. The van der Waals surface area contributed by atoms with Gasteiger partial charge in [-0.05, 0) is 49.9 Å². The lowest BCUT2D eigenvalue weighted by molar-refractivity contribution is -0.132. The van der Waals surface area contributed by atoms with Gasteiger partial charge in [0.2, 0.25) is 5.91 Å². The Kier molecular flexibility index (Phi) is 6.18. The van der Waals surface area contributed by atoms with E-state index in [9.17, 15) is 9.59 Å². The predicted molar refractivity (Wildman–Crippen MR) is 124 cm³/mol. The lowest BCUT2D eigenvalue weighted by Crippen LogP contribution is -2.35. The molecule has 0 aliphatic carbocycles. The number of hydrogen-bond donors (Lipinski definition) is 0. The smallest absolute Gasteiger partial charge is 0.265 e. The Morgan fingerprint density at radius 1 is 1.19 bits per heavy atom. The third kappa shape index (κ3) is 4.01. The zero-order valence-electron chi connectivity index (χ0n) is 18.6. The zero-order valence-corrected chi connectivity index (χ0v) is 19.4. The van der Waals surface area contributed by atoms with Crippen LogP contribution in [0.1, 0.15) is 50.3 Å². The van der Waals surface area contributed by atoms with Crippen LogP contribution in [0.3, 0.4) is 0 Å². The number of aryl methyl sites for hydroxylation is 2. The largest absolute Gasteiger partial charge is 0.343 e. The van der Waals surface area contributed by atoms with Crippen molar-refractivity contribution in [1.82, 2.24) is 24.2 Å². The molecule has 3 aromatic rings. The molecule has 1 aliphatic heterocycles. The third-order valence-corrected chi connectivity index (χ3v) is 6.95. The maximum Gasteiger partial charge on any atom is 0.265 e. The molecule has 8 heteroatoms. The zero-order chi connectivity index (χ0) is 22.1. The molecule has 31 heavy (non-hydrogen) atoms. The molecular formula is C23H29N5O2S. The maximum atomic E-state index is 13.3. The average Bonchev–Trinajstić information content (AvgIpc) is 3.35. The fourth-order valence-electron chi connectivity index (χ4n) is 4.06. The van der Waals surface area contributed by atoms with E-state index in [2.05, 4.69) is 38.9 Å². The molecule has 0 spiro atoms. The highest BCUT2D eigenvalue weighted by atomic mass is 32.2. The van der Waals surface area contributed by atoms with Crippen LogP contribution in [0.5, 0.6) is 0 Å². The SMILES string of the molecule is CCCN(CCC)C(=O)CC1CSc2nc3c(cnn3-c3ccc(C)c(C)c3)c(=O)n21. The first kappa shape index (κ1) is 21.6. The fraction of sp³-hybridized carbons (Fsp3) is 0.478. The molecule has 0 saturated heterocycles. The summed E-state index contributed by atoms with van der Waals surface area (Å²) in [6, 6.07) is 5.93. The monoisotopic (exact) mass is 439 g/mol. The summed E-state index contributed by atoms with van der Waals surface area (Å²) in [6.45, 7) is 9.80. The number of benzene rings is 1. The van der Waals surface area contributed by atoms with Gasteiger partial charge in [0.15, 0.2) is 10.8 Å². The van der Waals surface area contributed by atoms with Crippen molar-refractivity contribution in [3.63, 3.8) is 0 Å². The molecular weight excluding hydrogens is 410 g/mol. The maximum absolute atomic E-state index is 13.3. The Morgan fingerprint density at radius 3 is 2.61 bits per heavy atom. The Hall–Kier alpha value is -2.61. The van der Waals surface area contributed by atoms with Crippen LogP contribution in [0.15, 0.2) is 34.3 Å². The Bertz CT molecular complexity index is 1180. The van der Waals surface area contributed by atoms with Crippen molar-refractivity contribution in [3.05, 3.63) is 45.9 Å². The number of carbonyl (C=O) groups excluding carboxylic acids is 1. The highest BCUT2D eigenvalue weighted by molar-refractivity contribution is 7.99. The number of carbonyl (C=O) groups is 1. The van der Waals surface area contributed by atoms with Gasteiger partial charge in [0, 0.05) is 25.3 Å². The standard InChI is InChI=1S/C23H29N5O2S/c1-5-9-26(10-6-2)20(29)12-18-14-31-23-25-21-19(22(30)27(18)23)13-24-28(21)17-8-7-15(3)16(4)11-17/h7-8,11,13,18H,5-6,9-10,12,14H2,1-4H3. The lowest BCUT2D eigenvalue weighted by atomic mass is 10.1. The summed E-state index contributed by atoms with van der Waals surface area (Å²) in [7, 11) is 0. The number of fused-ring (bicyclic) bond motifs is 2. The molecule has 1 aliphatic rings. The average molecular weight is 440 g/mol. The van der Waals surface area contributed by atoms with E-state index in [-0.39, 0.29) is 17.5 Å². The minimum absolute atomic E-state index is 0.111. The van der Waals surface area contributed by atoms with Crippen molar-refractivity contribution >= 4 is 28.7 Å². The molecule has 0 saturated carbocycles. The van der Waals surface area contributed by atoms with Crippen LogP contribution in [0, 0.1) is 13.8 Å². The van der Waals surface area contributed by atoms with E-state index >= 15 is 0 Å². The number of rotatable bonds is 7. The molecule has 1 amide bonds. The first-order valence-electron chi connectivity index (χ1n) is 10.9. The predicted octanol–water partition coefficient (Wildman–Crippen LogP) is 3.88. The highest BCUT2D eigenvalue weighted by Crippen LogP contribution is 2.34. The van der Waals surface area contributed by atoms with Gasteiger partial charge in [-0.25, -0.2) is 9.67 Å². The highest BCUT2D eigenvalue weighted by Gasteiger charge is 2.30. The van der Waals surface area contributed by atoms with Crippen LogP contribution in [0.25, 0.3) is 16.7 Å². The summed E-state index contributed by atoms with van der Waals surface area (Å²) in [4.78, 5) is 32.9. The van der Waals surface area contributed by atoms with E-state index in [4.69, 9.17) is 4.98 Å². The van der Waals surface area contributed by atoms with Gasteiger partial charge in [-0.15, -0.1) is 0 Å². The number of thioether (sulfide) groups is 1. The second-order valence-corrected chi connectivity index (χ2v) is 9.17. The summed E-state index contributed by atoms with van der Waals surface area (Å²) >= 11 is 1.54. The van der Waals surface area contributed by atoms with Gasteiger partial charge in [-0.1, -0.05) is 31.7 Å². The van der Waals surface area contributed by atoms with Gasteiger partial charge in [0.25, 0.3) is 5.56 Å². The van der Waals surface area contributed by atoms with Crippen LogP contribution >= 0.6 is 11.8 Å². The Morgan fingerprint density at radius 2 is 1.94 bits per heavy atom. The molecule has 4 rings (SSSR count). The summed E-state index contributed by atoms with van der Waals surface area (Å²) in [5.74, 6) is 0.795. The number of hydrogen-bond acceptors (Lipinski definition) is 5. The molecule has 7 nitrogen and oxygen atoms in total. The Balaban J connectivity index is 1.68. The van der Waals surface area contributed by atoms with Crippen molar-refractivity contribution in [2.75, 3.05) is 18.8 Å². The van der Waals surface area contributed by atoms with Crippen LogP contribution in [0.4, 0.5) is 0 Å². The normalized spacial score (nSPS) is 15.4. The number of aromatic nitrogens is 4. The van der Waals surface area contributed by atoms with Crippen molar-refractivity contribution in [1.29, 1.82) is 0 Å². The molecule has 1 atom stereocenters. The van der Waals surface area contributed by atoms with Crippen molar-refractivity contribution in [2.24, 2.45) is 0 Å². The van der Waals surface area contributed by atoms with E-state index in [0.29, 0.717) is 28.4 Å². The number of nitrogens with zero attached hydrogens (tertiary/aromatic N) is 5. The van der Waals surface area contributed by atoms with E-state index < -0.39 is 0 Å². The summed E-state index contributed by atoms with van der Waals surface area (Å²) in [5.41, 5.74) is 3.71. The molecule has 0 bridgehead atoms. The summed E-state index contributed by atoms with van der Waals surface area (Å²) < 4.78 is 3.43. The topological polar surface area (TPSA) is 73.0 Å². The van der Waals surface area contributed by atoms with Gasteiger partial charge in [0.05, 0.1) is 17.9 Å². The molecule has 1 unspecified atom stereocenters. The van der Waals surface area contributed by atoms with Gasteiger partial charge in [-0.3, -0.25) is 14.2 Å². The minimum atomic E-state index is -0.168. The van der Waals surface area contributed by atoms with Gasteiger partial charge >= 0.3 is 0 Å². The van der Waals surface area contributed by atoms with Crippen LogP contribution in [0.2, 0.25) is 0 Å². The van der Waals surface area contributed by atoms with Gasteiger partial charge < -0.3 is 4.90 Å². The third-order valence-electron chi connectivity index (χ3n) is 5.86. The molecule has 0 N–H and O–H groups in total. The second-order valence-electron chi connectivity index (χ2n) is 8.18. The van der Waals surface area contributed by atoms with Crippen LogP contribution in [-0.2, 0) is 4.79 Å². The molecule has 0 radical (unpaired) electrons. The first-order valence-corrected chi connectivity index (χ1v) is 11.9. The quantitative estimate of drug-likeness (QED) is 0.522. The fourth-order valence-corrected chi connectivity index (χ4v) is 5.19. The Labute approximate surface area is 186 Å². The molecule has 164 valence electrons. The van der Waals surface area contributed by atoms with Crippen molar-refractivity contribution < 1.29 is 4.79 Å². The molecule has 2 aromatic heterocycles. The van der Waals surface area contributed by atoms with Gasteiger partial charge in [0.1, 0.15) is 5.39 Å². The molecule has 1 aromatic carbocycles. The first-order chi connectivity index (χ1) is 14.9. The van der Waals surface area contributed by atoms with E-state index in [0.717, 1.165) is 37.2 Å². The van der Waals surface area contributed by atoms with E-state index in [1.54, 1.807) is 15.4 Å². The van der Waals surface area contributed by atoms with Crippen LogP contribution in [-0.4, -0.2) is 49.0 Å². The van der Waals surface area contributed by atoms with E-state index in [1.807, 2.05) is 17.0 Å². The lowest BCUT2D eigenvalue weighted by Gasteiger charge is -2.23. The van der Waals surface area contributed by atoms with Crippen molar-refractivity contribution in [3.8, 4) is 5.69 Å².